The quantitative estimate of drug-likeness (QED) is 0.927. The molecule has 0 aliphatic carbocycles. The Morgan fingerprint density at radius 1 is 1.28 bits per heavy atom. The summed E-state index contributed by atoms with van der Waals surface area (Å²) in [4.78, 5) is 16.1. The molecule has 18 heavy (non-hydrogen) atoms. The van der Waals surface area contributed by atoms with Crippen LogP contribution < -0.4 is 5.32 Å². The van der Waals surface area contributed by atoms with Gasteiger partial charge in [0.25, 0.3) is 0 Å². The van der Waals surface area contributed by atoms with Gasteiger partial charge in [-0.3, -0.25) is 4.79 Å². The molecule has 0 atom stereocenters. The zero-order chi connectivity index (χ0) is 13.0. The van der Waals surface area contributed by atoms with E-state index in [0.717, 1.165) is 15.6 Å². The number of pyridine rings is 1. The molecule has 1 aromatic heterocycles. The van der Waals surface area contributed by atoms with Gasteiger partial charge in [0.1, 0.15) is 5.03 Å². The highest BCUT2D eigenvalue weighted by atomic mass is 35.5. The van der Waals surface area contributed by atoms with E-state index in [4.69, 9.17) is 11.6 Å². The molecule has 1 N–H and O–H groups in total. The Balaban J connectivity index is 2.11. The van der Waals surface area contributed by atoms with Gasteiger partial charge in [-0.15, -0.1) is 0 Å². The number of nitrogens with zero attached hydrogens (tertiary/aromatic N) is 1. The summed E-state index contributed by atoms with van der Waals surface area (Å²) in [5, 5.41) is 4.12. The normalized spacial score (nSPS) is 10.1. The number of amides is 1. The lowest BCUT2D eigenvalue weighted by atomic mass is 10.3. The molecule has 3 nitrogen and oxygen atoms in total. The maximum absolute atomic E-state index is 10.9. The van der Waals surface area contributed by atoms with Crippen LogP contribution >= 0.6 is 23.4 Å². The van der Waals surface area contributed by atoms with Crippen LogP contribution in [-0.4, -0.2) is 10.9 Å². The summed E-state index contributed by atoms with van der Waals surface area (Å²) >= 11 is 7.52. The van der Waals surface area contributed by atoms with Crippen LogP contribution in [0.3, 0.4) is 0 Å². The predicted octanol–water partition coefficient (Wildman–Crippen LogP) is 3.84. The van der Waals surface area contributed by atoms with E-state index in [1.54, 1.807) is 12.3 Å². The maximum atomic E-state index is 10.9. The second-order valence-corrected chi connectivity index (χ2v) is 5.07. The summed E-state index contributed by atoms with van der Waals surface area (Å²) in [6.45, 7) is 1.48. The first-order chi connectivity index (χ1) is 8.65. The first-order valence-corrected chi connectivity index (χ1v) is 6.50. The molecular formula is C13H11ClN2OS. The molecule has 2 rings (SSSR count). The van der Waals surface area contributed by atoms with Gasteiger partial charge in [-0.1, -0.05) is 23.4 Å². The molecule has 0 aliphatic heterocycles. The molecule has 0 radical (unpaired) electrons. The predicted molar refractivity (Wildman–Crippen MR) is 74.1 cm³/mol. The molecule has 0 unspecified atom stereocenters. The van der Waals surface area contributed by atoms with Crippen molar-refractivity contribution in [1.82, 2.24) is 4.98 Å². The van der Waals surface area contributed by atoms with Crippen LogP contribution in [0.4, 0.5) is 5.69 Å². The minimum Gasteiger partial charge on any atom is -0.326 e. The molecule has 0 spiro atoms. The van der Waals surface area contributed by atoms with Gasteiger partial charge in [0.2, 0.25) is 5.91 Å². The van der Waals surface area contributed by atoms with Gasteiger partial charge in [-0.05, 0) is 36.4 Å². The van der Waals surface area contributed by atoms with Gasteiger partial charge in [-0.25, -0.2) is 4.98 Å². The first kappa shape index (κ1) is 12.9. The van der Waals surface area contributed by atoms with Crippen LogP contribution in [0, 0.1) is 0 Å². The number of carbonyl (C=O) groups is 1. The molecule has 1 amide bonds. The molecular weight excluding hydrogens is 268 g/mol. The van der Waals surface area contributed by atoms with Gasteiger partial charge in [0.05, 0.1) is 5.02 Å². The molecule has 0 saturated heterocycles. The van der Waals surface area contributed by atoms with Crippen LogP contribution in [-0.2, 0) is 4.79 Å². The number of carbonyl (C=O) groups excluding carboxylic acids is 1. The molecule has 0 saturated carbocycles. The van der Waals surface area contributed by atoms with Crippen molar-refractivity contribution in [3.63, 3.8) is 0 Å². The SMILES string of the molecule is CC(=O)Nc1ccc(Sc2ncccc2Cl)cc1. The lowest BCUT2D eigenvalue weighted by Crippen LogP contribution is -2.05. The molecule has 0 fully saturated rings. The number of hydrogen-bond donors (Lipinski definition) is 1. The lowest BCUT2D eigenvalue weighted by molar-refractivity contribution is -0.114. The highest BCUT2D eigenvalue weighted by Gasteiger charge is 2.03. The molecule has 0 bridgehead atoms. The molecule has 1 aromatic carbocycles. The topological polar surface area (TPSA) is 42.0 Å². The monoisotopic (exact) mass is 278 g/mol. The summed E-state index contributed by atoms with van der Waals surface area (Å²) in [5.74, 6) is -0.0804. The van der Waals surface area contributed by atoms with E-state index in [1.807, 2.05) is 30.3 Å². The molecule has 5 heteroatoms. The van der Waals surface area contributed by atoms with E-state index in [0.29, 0.717) is 5.02 Å². The Kier molecular flexibility index (Phi) is 4.23. The van der Waals surface area contributed by atoms with E-state index in [2.05, 4.69) is 10.3 Å². The van der Waals surface area contributed by atoms with E-state index in [9.17, 15) is 4.79 Å². The molecule has 92 valence electrons. The van der Waals surface area contributed by atoms with Crippen LogP contribution in [0.25, 0.3) is 0 Å². The van der Waals surface area contributed by atoms with E-state index >= 15 is 0 Å². The Bertz CT molecular complexity index is 557. The van der Waals surface area contributed by atoms with Crippen molar-refractivity contribution in [2.75, 3.05) is 5.32 Å². The fourth-order valence-electron chi connectivity index (χ4n) is 1.37. The van der Waals surface area contributed by atoms with Crippen molar-refractivity contribution >= 4 is 35.0 Å². The average molecular weight is 279 g/mol. The zero-order valence-corrected chi connectivity index (χ0v) is 11.3. The first-order valence-electron chi connectivity index (χ1n) is 5.31. The number of rotatable bonds is 3. The minimum absolute atomic E-state index is 0.0804. The second-order valence-electron chi connectivity index (χ2n) is 3.60. The van der Waals surface area contributed by atoms with Crippen molar-refractivity contribution in [2.45, 2.75) is 16.8 Å². The Hall–Kier alpha value is -1.52. The average Bonchev–Trinajstić information content (AvgIpc) is 2.34. The van der Waals surface area contributed by atoms with Crippen molar-refractivity contribution in [2.24, 2.45) is 0 Å². The van der Waals surface area contributed by atoms with Gasteiger partial charge >= 0.3 is 0 Å². The Morgan fingerprint density at radius 2 is 2.00 bits per heavy atom. The number of nitrogens with one attached hydrogen (secondary N) is 1. The van der Waals surface area contributed by atoms with E-state index in [-0.39, 0.29) is 5.91 Å². The van der Waals surface area contributed by atoms with Crippen molar-refractivity contribution in [3.8, 4) is 0 Å². The summed E-state index contributed by atoms with van der Waals surface area (Å²) in [6, 6.07) is 11.1. The molecule has 0 aliphatic rings. The third-order valence-electron chi connectivity index (χ3n) is 2.11. The molecule has 1 heterocycles. The third kappa shape index (κ3) is 3.48. The fraction of sp³-hybridized carbons (Fsp3) is 0.0769. The standard InChI is InChI=1S/C13H11ClN2OS/c1-9(17)16-10-4-6-11(7-5-10)18-13-12(14)3-2-8-15-13/h2-8H,1H3,(H,16,17). The summed E-state index contributed by atoms with van der Waals surface area (Å²) in [6.07, 6.45) is 1.71. The van der Waals surface area contributed by atoms with Crippen molar-refractivity contribution in [3.05, 3.63) is 47.6 Å². The number of benzene rings is 1. The number of anilines is 1. The van der Waals surface area contributed by atoms with Gasteiger partial charge in [-0.2, -0.15) is 0 Å². The zero-order valence-electron chi connectivity index (χ0n) is 9.68. The van der Waals surface area contributed by atoms with Crippen LogP contribution in [0.1, 0.15) is 6.92 Å². The lowest BCUT2D eigenvalue weighted by Gasteiger charge is -2.05. The molecule has 2 aromatic rings. The number of hydrogen-bond acceptors (Lipinski definition) is 3. The van der Waals surface area contributed by atoms with Gasteiger partial charge in [0, 0.05) is 23.7 Å². The minimum atomic E-state index is -0.0804. The fourth-order valence-corrected chi connectivity index (χ4v) is 2.38. The third-order valence-corrected chi connectivity index (χ3v) is 3.56. The summed E-state index contributed by atoms with van der Waals surface area (Å²) in [5.41, 5.74) is 0.777. The van der Waals surface area contributed by atoms with Crippen LogP contribution in [0.5, 0.6) is 0 Å². The number of aromatic nitrogens is 1. The van der Waals surface area contributed by atoms with Gasteiger partial charge in [0.15, 0.2) is 0 Å². The Labute approximate surface area is 115 Å². The Morgan fingerprint density at radius 3 is 2.61 bits per heavy atom. The number of halogens is 1. The summed E-state index contributed by atoms with van der Waals surface area (Å²) in [7, 11) is 0. The van der Waals surface area contributed by atoms with Crippen molar-refractivity contribution < 1.29 is 4.79 Å². The van der Waals surface area contributed by atoms with Crippen LogP contribution in [0.2, 0.25) is 5.02 Å². The largest absolute Gasteiger partial charge is 0.326 e. The summed E-state index contributed by atoms with van der Waals surface area (Å²) < 4.78 is 0. The van der Waals surface area contributed by atoms with E-state index in [1.165, 1.54) is 18.7 Å². The second kappa shape index (κ2) is 5.89. The van der Waals surface area contributed by atoms with Crippen molar-refractivity contribution in [1.29, 1.82) is 0 Å². The smallest absolute Gasteiger partial charge is 0.221 e. The van der Waals surface area contributed by atoms with Gasteiger partial charge < -0.3 is 5.32 Å². The maximum Gasteiger partial charge on any atom is 0.221 e. The van der Waals surface area contributed by atoms with E-state index < -0.39 is 0 Å². The van der Waals surface area contributed by atoms with Crippen LogP contribution in [0.15, 0.2) is 52.5 Å². The highest BCUT2D eigenvalue weighted by Crippen LogP contribution is 2.31. The highest BCUT2D eigenvalue weighted by molar-refractivity contribution is 7.99.